The van der Waals surface area contributed by atoms with E-state index in [-0.39, 0.29) is 18.8 Å². The summed E-state index contributed by atoms with van der Waals surface area (Å²) in [5.74, 6) is 0.963. The monoisotopic (exact) mass is 377 g/mol. The summed E-state index contributed by atoms with van der Waals surface area (Å²) in [7, 11) is 0. The standard InChI is InChI=1S/C18H23N3O4S/c1-18(2,3)24-17(22)21-9-13(10-21)23-11-15-19-16(20-25-15)12-5-7-14(26-4)8-6-12/h5-8,13H,9-11H2,1-4H3. The van der Waals surface area contributed by atoms with Crippen LogP contribution in [0.2, 0.25) is 0 Å². The molecule has 0 unspecified atom stereocenters. The molecule has 140 valence electrons. The molecule has 1 aromatic carbocycles. The Kier molecular flexibility index (Phi) is 5.52. The van der Waals surface area contributed by atoms with Gasteiger partial charge in [-0.15, -0.1) is 11.8 Å². The van der Waals surface area contributed by atoms with Crippen molar-refractivity contribution in [2.24, 2.45) is 0 Å². The van der Waals surface area contributed by atoms with Gasteiger partial charge < -0.3 is 18.9 Å². The summed E-state index contributed by atoms with van der Waals surface area (Å²) in [4.78, 5) is 19.0. The smallest absolute Gasteiger partial charge is 0.410 e. The Bertz CT molecular complexity index is 749. The normalized spacial score (nSPS) is 15.0. The van der Waals surface area contributed by atoms with E-state index in [4.69, 9.17) is 14.0 Å². The van der Waals surface area contributed by atoms with Crippen LogP contribution in [-0.2, 0) is 16.1 Å². The summed E-state index contributed by atoms with van der Waals surface area (Å²) >= 11 is 1.68. The highest BCUT2D eigenvalue weighted by Gasteiger charge is 2.34. The molecule has 1 amide bonds. The van der Waals surface area contributed by atoms with Crippen molar-refractivity contribution in [3.05, 3.63) is 30.2 Å². The molecule has 2 aromatic rings. The second-order valence-corrected chi connectivity index (χ2v) is 7.94. The maximum atomic E-state index is 11.9. The zero-order valence-corrected chi connectivity index (χ0v) is 16.2. The largest absolute Gasteiger partial charge is 0.444 e. The number of hydrogen-bond donors (Lipinski definition) is 0. The summed E-state index contributed by atoms with van der Waals surface area (Å²) in [6.45, 7) is 6.78. The third-order valence-corrected chi connectivity index (χ3v) is 4.50. The number of ether oxygens (including phenoxy) is 2. The van der Waals surface area contributed by atoms with Gasteiger partial charge in [-0.1, -0.05) is 5.16 Å². The molecule has 3 rings (SSSR count). The van der Waals surface area contributed by atoms with Crippen molar-refractivity contribution in [2.45, 2.75) is 44.0 Å². The molecular weight excluding hydrogens is 354 g/mol. The van der Waals surface area contributed by atoms with Crippen molar-refractivity contribution >= 4 is 17.9 Å². The first-order chi connectivity index (χ1) is 12.3. The molecule has 0 atom stereocenters. The highest BCUT2D eigenvalue weighted by atomic mass is 32.2. The fourth-order valence-corrected chi connectivity index (χ4v) is 2.79. The minimum absolute atomic E-state index is 0.0428. The molecule has 1 aromatic heterocycles. The molecule has 0 spiro atoms. The van der Waals surface area contributed by atoms with Gasteiger partial charge in [-0.25, -0.2) is 4.79 Å². The minimum atomic E-state index is -0.489. The lowest BCUT2D eigenvalue weighted by molar-refractivity contribution is -0.0739. The van der Waals surface area contributed by atoms with Crippen LogP contribution in [0.25, 0.3) is 11.4 Å². The molecule has 1 fully saturated rings. The molecule has 8 heteroatoms. The van der Waals surface area contributed by atoms with Gasteiger partial charge in [0.15, 0.2) is 0 Å². The van der Waals surface area contributed by atoms with Gasteiger partial charge in [0.25, 0.3) is 5.89 Å². The van der Waals surface area contributed by atoms with Crippen LogP contribution in [0.1, 0.15) is 26.7 Å². The number of hydrogen-bond acceptors (Lipinski definition) is 7. The molecule has 0 bridgehead atoms. The maximum Gasteiger partial charge on any atom is 0.410 e. The van der Waals surface area contributed by atoms with Gasteiger partial charge in [0.2, 0.25) is 5.82 Å². The van der Waals surface area contributed by atoms with E-state index in [9.17, 15) is 4.79 Å². The van der Waals surface area contributed by atoms with Gasteiger partial charge in [-0.2, -0.15) is 4.98 Å². The SMILES string of the molecule is CSc1ccc(-c2noc(COC3CN(C(=O)OC(C)(C)C)C3)n2)cc1. The second kappa shape index (κ2) is 7.67. The first-order valence-corrected chi connectivity index (χ1v) is 9.63. The number of nitrogens with zero attached hydrogens (tertiary/aromatic N) is 3. The predicted octanol–water partition coefficient (Wildman–Crippen LogP) is 3.59. The molecule has 0 N–H and O–H groups in total. The number of rotatable bonds is 5. The summed E-state index contributed by atoms with van der Waals surface area (Å²) in [5.41, 5.74) is 0.412. The summed E-state index contributed by atoms with van der Waals surface area (Å²) < 4.78 is 16.3. The van der Waals surface area contributed by atoms with Crippen LogP contribution in [0, 0.1) is 0 Å². The van der Waals surface area contributed by atoms with E-state index in [1.54, 1.807) is 16.7 Å². The summed E-state index contributed by atoms with van der Waals surface area (Å²) in [6, 6.07) is 7.97. The summed E-state index contributed by atoms with van der Waals surface area (Å²) in [5, 5.41) is 3.99. The lowest BCUT2D eigenvalue weighted by atomic mass is 10.2. The average Bonchev–Trinajstić information content (AvgIpc) is 3.00. The Labute approximate surface area is 157 Å². The highest BCUT2D eigenvalue weighted by Crippen LogP contribution is 2.22. The number of carbonyl (C=O) groups excluding carboxylic acids is 1. The number of aromatic nitrogens is 2. The van der Waals surface area contributed by atoms with Crippen LogP contribution >= 0.6 is 11.8 Å². The van der Waals surface area contributed by atoms with Crippen molar-refractivity contribution in [3.63, 3.8) is 0 Å². The summed E-state index contributed by atoms with van der Waals surface area (Å²) in [6.07, 6.45) is 1.67. The van der Waals surface area contributed by atoms with Gasteiger partial charge in [0, 0.05) is 10.5 Å². The van der Waals surface area contributed by atoms with E-state index in [2.05, 4.69) is 10.1 Å². The average molecular weight is 377 g/mol. The van der Waals surface area contributed by atoms with Gasteiger partial charge in [-0.05, 0) is 51.3 Å². The Morgan fingerprint density at radius 3 is 2.62 bits per heavy atom. The fraction of sp³-hybridized carbons (Fsp3) is 0.500. The fourth-order valence-electron chi connectivity index (χ4n) is 2.38. The van der Waals surface area contributed by atoms with Gasteiger partial charge >= 0.3 is 6.09 Å². The molecule has 26 heavy (non-hydrogen) atoms. The predicted molar refractivity (Wildman–Crippen MR) is 97.9 cm³/mol. The van der Waals surface area contributed by atoms with Gasteiger partial charge in [0.05, 0.1) is 19.2 Å². The quantitative estimate of drug-likeness (QED) is 0.737. The van der Waals surface area contributed by atoms with Crippen molar-refractivity contribution in [2.75, 3.05) is 19.3 Å². The van der Waals surface area contributed by atoms with E-state index in [1.165, 1.54) is 4.90 Å². The first kappa shape index (κ1) is 18.7. The molecule has 2 heterocycles. The minimum Gasteiger partial charge on any atom is -0.444 e. The third-order valence-electron chi connectivity index (χ3n) is 3.76. The number of benzene rings is 1. The Balaban J connectivity index is 1.45. The Hall–Kier alpha value is -2.06. The first-order valence-electron chi connectivity index (χ1n) is 8.40. The lowest BCUT2D eigenvalue weighted by Gasteiger charge is -2.39. The van der Waals surface area contributed by atoms with E-state index < -0.39 is 5.60 Å². The van der Waals surface area contributed by atoms with Crippen LogP contribution in [0.4, 0.5) is 4.79 Å². The number of amides is 1. The van der Waals surface area contributed by atoms with Crippen molar-refractivity contribution in [3.8, 4) is 11.4 Å². The van der Waals surface area contributed by atoms with Crippen LogP contribution in [0.15, 0.2) is 33.7 Å². The topological polar surface area (TPSA) is 77.7 Å². The Morgan fingerprint density at radius 1 is 1.31 bits per heavy atom. The van der Waals surface area contributed by atoms with E-state index >= 15 is 0 Å². The number of likely N-dealkylation sites (tertiary alicyclic amines) is 1. The van der Waals surface area contributed by atoms with Crippen LogP contribution < -0.4 is 0 Å². The van der Waals surface area contributed by atoms with Crippen LogP contribution in [-0.4, -0.2) is 52.2 Å². The van der Waals surface area contributed by atoms with Crippen LogP contribution in [0.5, 0.6) is 0 Å². The molecular formula is C18H23N3O4S. The lowest BCUT2D eigenvalue weighted by Crippen LogP contribution is -2.55. The second-order valence-electron chi connectivity index (χ2n) is 7.06. The molecule has 0 aliphatic carbocycles. The highest BCUT2D eigenvalue weighted by molar-refractivity contribution is 7.98. The van der Waals surface area contributed by atoms with Gasteiger partial charge in [0.1, 0.15) is 12.2 Å². The molecule has 0 saturated carbocycles. The molecule has 0 radical (unpaired) electrons. The third kappa shape index (κ3) is 4.76. The maximum absolute atomic E-state index is 11.9. The van der Waals surface area contributed by atoms with E-state index in [0.29, 0.717) is 24.8 Å². The number of carbonyl (C=O) groups is 1. The van der Waals surface area contributed by atoms with Crippen molar-refractivity contribution < 1.29 is 18.8 Å². The van der Waals surface area contributed by atoms with Gasteiger partial charge in [-0.3, -0.25) is 0 Å². The molecule has 7 nitrogen and oxygen atoms in total. The Morgan fingerprint density at radius 2 is 2.00 bits per heavy atom. The molecule has 1 saturated heterocycles. The van der Waals surface area contributed by atoms with Crippen molar-refractivity contribution in [1.82, 2.24) is 15.0 Å². The van der Waals surface area contributed by atoms with E-state index in [0.717, 1.165) is 5.56 Å². The zero-order valence-electron chi connectivity index (χ0n) is 15.4. The van der Waals surface area contributed by atoms with Crippen molar-refractivity contribution in [1.29, 1.82) is 0 Å². The molecule has 1 aliphatic heterocycles. The zero-order chi connectivity index (χ0) is 18.7. The number of thioether (sulfide) groups is 1. The van der Waals surface area contributed by atoms with E-state index in [1.807, 2.05) is 51.3 Å². The molecule has 1 aliphatic rings. The van der Waals surface area contributed by atoms with Crippen LogP contribution in [0.3, 0.4) is 0 Å².